The maximum absolute atomic E-state index is 11.2. The average molecular weight is 280 g/mol. The second kappa shape index (κ2) is 6.24. The first-order chi connectivity index (χ1) is 9.15. The third-order valence-electron chi connectivity index (χ3n) is 2.35. The van der Waals surface area contributed by atoms with E-state index in [4.69, 9.17) is 9.52 Å². The van der Waals surface area contributed by atoms with E-state index in [-0.39, 0.29) is 11.3 Å². The summed E-state index contributed by atoms with van der Waals surface area (Å²) < 4.78 is 6.97. The molecule has 6 nitrogen and oxygen atoms in total. The summed E-state index contributed by atoms with van der Waals surface area (Å²) in [5.74, 6) is -0.245. The van der Waals surface area contributed by atoms with Crippen molar-refractivity contribution in [3.63, 3.8) is 0 Å². The quantitative estimate of drug-likeness (QED) is 0.633. The summed E-state index contributed by atoms with van der Waals surface area (Å²) in [6.07, 6.45) is 3.86. The molecule has 0 aliphatic heterocycles. The van der Waals surface area contributed by atoms with Gasteiger partial charge in [-0.2, -0.15) is 4.98 Å². The van der Waals surface area contributed by atoms with Crippen molar-refractivity contribution in [3.05, 3.63) is 46.8 Å². The third-order valence-corrected chi connectivity index (χ3v) is 3.33. The van der Waals surface area contributed by atoms with Crippen molar-refractivity contribution in [1.82, 2.24) is 9.55 Å². The maximum atomic E-state index is 11.2. The van der Waals surface area contributed by atoms with Crippen LogP contribution in [0.5, 0.6) is 0 Å². The molecule has 1 N–H and O–H groups in total. The second-order valence-electron chi connectivity index (χ2n) is 3.75. The van der Waals surface area contributed by atoms with Crippen LogP contribution in [0.15, 0.2) is 45.0 Å². The molecule has 2 aromatic rings. The van der Waals surface area contributed by atoms with Crippen molar-refractivity contribution in [2.75, 3.05) is 5.75 Å². The number of hydrogen-bond donors (Lipinski definition) is 1. The van der Waals surface area contributed by atoms with Gasteiger partial charge >= 0.3 is 5.97 Å². The van der Waals surface area contributed by atoms with E-state index in [0.717, 1.165) is 17.5 Å². The number of carboxylic acid groups (broad SMARTS) is 1. The Kier molecular flexibility index (Phi) is 4.40. The summed E-state index contributed by atoms with van der Waals surface area (Å²) in [5, 5.41) is 9.07. The Hall–Kier alpha value is -2.02. The predicted octanol–water partition coefficient (Wildman–Crippen LogP) is 1.26. The monoisotopic (exact) mass is 280 g/mol. The number of carboxylic acids is 1. The number of rotatable bonds is 6. The van der Waals surface area contributed by atoms with Gasteiger partial charge in [0, 0.05) is 25.2 Å². The molecular formula is C12H12N2O4S. The predicted molar refractivity (Wildman–Crippen MR) is 69.3 cm³/mol. The lowest BCUT2D eigenvalue weighted by Crippen LogP contribution is -2.15. The molecule has 2 aromatic heterocycles. The van der Waals surface area contributed by atoms with Crippen LogP contribution in [0.1, 0.15) is 5.76 Å². The molecule has 0 spiro atoms. The highest BCUT2D eigenvalue weighted by Crippen LogP contribution is 2.14. The van der Waals surface area contributed by atoms with Gasteiger partial charge in [-0.25, -0.2) is 0 Å². The molecule has 0 bridgehead atoms. The Balaban J connectivity index is 2.09. The topological polar surface area (TPSA) is 85.3 Å². The molecule has 0 radical (unpaired) electrons. The Morgan fingerprint density at radius 3 is 3.00 bits per heavy atom. The molecule has 0 fully saturated rings. The van der Waals surface area contributed by atoms with Crippen LogP contribution in [-0.2, 0) is 17.8 Å². The third kappa shape index (κ3) is 3.99. The summed E-state index contributed by atoms with van der Waals surface area (Å²) in [4.78, 5) is 25.6. The van der Waals surface area contributed by atoms with Crippen molar-refractivity contribution in [3.8, 4) is 0 Å². The molecule has 0 aliphatic rings. The summed E-state index contributed by atoms with van der Waals surface area (Å²) in [6, 6.07) is 5.02. The van der Waals surface area contributed by atoms with Gasteiger partial charge in [-0.15, -0.1) is 0 Å². The van der Waals surface area contributed by atoms with Crippen molar-refractivity contribution >= 4 is 17.7 Å². The molecule has 2 heterocycles. The molecule has 0 atom stereocenters. The standard InChI is InChI=1S/C12H12N2O4S/c15-10-4-6-14(5-3-9-2-1-7-18-9)12(13-10)19-8-11(16)17/h1-2,4,6-7H,3,5,8H2,(H,16,17). The van der Waals surface area contributed by atoms with E-state index >= 15 is 0 Å². The number of aryl methyl sites for hydroxylation is 2. The van der Waals surface area contributed by atoms with E-state index in [1.807, 2.05) is 6.07 Å². The van der Waals surface area contributed by atoms with Crippen LogP contribution in [-0.4, -0.2) is 26.4 Å². The first-order valence-electron chi connectivity index (χ1n) is 5.59. The normalized spacial score (nSPS) is 10.5. The minimum absolute atomic E-state index is 0.128. The molecular weight excluding hydrogens is 268 g/mol. The van der Waals surface area contributed by atoms with Gasteiger partial charge in [-0.3, -0.25) is 9.59 Å². The van der Waals surface area contributed by atoms with Crippen molar-refractivity contribution in [2.24, 2.45) is 0 Å². The Labute approximate surface area is 113 Å². The van der Waals surface area contributed by atoms with Crippen molar-refractivity contribution < 1.29 is 14.3 Å². The van der Waals surface area contributed by atoms with Crippen LogP contribution in [0.3, 0.4) is 0 Å². The lowest BCUT2D eigenvalue weighted by Gasteiger charge is -2.09. The largest absolute Gasteiger partial charge is 0.481 e. The van der Waals surface area contributed by atoms with E-state index in [1.165, 1.54) is 6.07 Å². The summed E-state index contributed by atoms with van der Waals surface area (Å²) >= 11 is 1.03. The fourth-order valence-electron chi connectivity index (χ4n) is 1.51. The van der Waals surface area contributed by atoms with Crippen LogP contribution >= 0.6 is 11.8 Å². The molecule has 100 valence electrons. The molecule has 0 unspecified atom stereocenters. The summed E-state index contributed by atoms with van der Waals surface area (Å²) in [5.41, 5.74) is -0.373. The fourth-order valence-corrected chi connectivity index (χ4v) is 2.24. The van der Waals surface area contributed by atoms with E-state index < -0.39 is 5.97 Å². The number of hydrogen-bond acceptors (Lipinski definition) is 5. The molecule has 0 saturated heterocycles. The van der Waals surface area contributed by atoms with Gasteiger partial charge in [0.2, 0.25) is 0 Å². The van der Waals surface area contributed by atoms with Gasteiger partial charge in [0.05, 0.1) is 12.0 Å². The van der Waals surface area contributed by atoms with Crippen molar-refractivity contribution in [1.29, 1.82) is 0 Å². The molecule has 2 rings (SSSR count). The lowest BCUT2D eigenvalue weighted by molar-refractivity contribution is -0.133. The highest BCUT2D eigenvalue weighted by molar-refractivity contribution is 7.99. The van der Waals surface area contributed by atoms with Crippen LogP contribution < -0.4 is 5.56 Å². The summed E-state index contributed by atoms with van der Waals surface area (Å²) in [7, 11) is 0. The minimum Gasteiger partial charge on any atom is -0.481 e. The van der Waals surface area contributed by atoms with Gasteiger partial charge in [-0.05, 0) is 12.1 Å². The van der Waals surface area contributed by atoms with E-state index in [2.05, 4.69) is 4.98 Å². The summed E-state index contributed by atoms with van der Waals surface area (Å²) in [6.45, 7) is 0.572. The maximum Gasteiger partial charge on any atom is 0.313 e. The van der Waals surface area contributed by atoms with Crippen molar-refractivity contribution in [2.45, 2.75) is 18.1 Å². The highest BCUT2D eigenvalue weighted by atomic mass is 32.2. The first-order valence-corrected chi connectivity index (χ1v) is 6.58. The van der Waals surface area contributed by atoms with Crippen LogP contribution in [0.2, 0.25) is 0 Å². The Morgan fingerprint density at radius 1 is 1.47 bits per heavy atom. The van der Waals surface area contributed by atoms with E-state index in [0.29, 0.717) is 18.1 Å². The Bertz CT molecular complexity index is 606. The van der Waals surface area contributed by atoms with Gasteiger partial charge in [0.15, 0.2) is 5.16 Å². The zero-order valence-corrected chi connectivity index (χ0v) is 10.8. The molecule has 0 amide bonds. The molecule has 7 heteroatoms. The number of thioether (sulfide) groups is 1. The van der Waals surface area contributed by atoms with Crippen LogP contribution in [0.25, 0.3) is 0 Å². The zero-order valence-electron chi connectivity index (χ0n) is 9.98. The van der Waals surface area contributed by atoms with Crippen LogP contribution in [0, 0.1) is 0 Å². The number of aromatic nitrogens is 2. The van der Waals surface area contributed by atoms with Gasteiger partial charge in [0.25, 0.3) is 5.56 Å². The minimum atomic E-state index is -0.944. The van der Waals surface area contributed by atoms with E-state index in [9.17, 15) is 9.59 Å². The first kappa shape index (κ1) is 13.4. The Morgan fingerprint density at radius 2 is 2.32 bits per heavy atom. The number of nitrogens with zero attached hydrogens (tertiary/aromatic N) is 2. The van der Waals surface area contributed by atoms with Gasteiger partial charge in [0.1, 0.15) is 5.76 Å². The smallest absolute Gasteiger partial charge is 0.313 e. The average Bonchev–Trinajstić information content (AvgIpc) is 2.88. The van der Waals surface area contributed by atoms with Gasteiger partial charge < -0.3 is 14.1 Å². The number of aliphatic carboxylic acids is 1. The molecule has 19 heavy (non-hydrogen) atoms. The van der Waals surface area contributed by atoms with Gasteiger partial charge in [-0.1, -0.05) is 11.8 Å². The second-order valence-corrected chi connectivity index (χ2v) is 4.70. The SMILES string of the molecule is O=C(O)CSc1nc(=O)ccn1CCc1ccco1. The number of carbonyl (C=O) groups is 1. The van der Waals surface area contributed by atoms with E-state index in [1.54, 1.807) is 23.1 Å². The molecule has 0 aliphatic carbocycles. The lowest BCUT2D eigenvalue weighted by atomic mass is 10.3. The highest BCUT2D eigenvalue weighted by Gasteiger charge is 2.07. The molecule has 0 saturated carbocycles. The van der Waals surface area contributed by atoms with Crippen LogP contribution in [0.4, 0.5) is 0 Å². The zero-order chi connectivity index (χ0) is 13.7. The number of furan rings is 1. The molecule has 0 aromatic carbocycles. The fraction of sp³-hybridized carbons (Fsp3) is 0.250.